The Morgan fingerprint density at radius 3 is 2.91 bits per heavy atom. The van der Waals surface area contributed by atoms with Crippen LogP contribution in [0.3, 0.4) is 0 Å². The average Bonchev–Trinajstić information content (AvgIpc) is 1.97. The summed E-state index contributed by atoms with van der Waals surface area (Å²) in [4.78, 5) is 3.84. The van der Waals surface area contributed by atoms with Gasteiger partial charge in [0.05, 0.1) is 7.11 Å². The molecule has 60 valence electrons. The molecule has 1 heterocycles. The maximum absolute atomic E-state index is 5.39. The first-order valence-corrected chi connectivity index (χ1v) is 3.61. The minimum absolute atomic E-state index is 0.199. The molecule has 0 spiro atoms. The summed E-state index contributed by atoms with van der Waals surface area (Å²) in [5, 5.41) is 0. The van der Waals surface area contributed by atoms with Gasteiger partial charge in [0, 0.05) is 0 Å². The first kappa shape index (κ1) is 8.06. The van der Waals surface area contributed by atoms with Crippen molar-refractivity contribution in [1.29, 1.82) is 0 Å². The van der Waals surface area contributed by atoms with Crippen molar-refractivity contribution in [2.45, 2.75) is 0 Å². The first-order valence-electron chi connectivity index (χ1n) is 2.82. The SMILES string of the molecule is COc1nc(N)[n+](N)cc1Br. The lowest BCUT2D eigenvalue weighted by atomic mass is 10.6. The molecular formula is C5H8BrN4O+. The maximum atomic E-state index is 5.39. The van der Waals surface area contributed by atoms with Crippen molar-refractivity contribution in [3.05, 3.63) is 10.7 Å². The lowest BCUT2D eigenvalue weighted by Gasteiger charge is -1.98. The fourth-order valence-corrected chi connectivity index (χ4v) is 1.07. The summed E-state index contributed by atoms with van der Waals surface area (Å²) < 4.78 is 6.74. The lowest BCUT2D eigenvalue weighted by Crippen LogP contribution is -2.47. The molecule has 0 atom stereocenters. The third-order valence-corrected chi connectivity index (χ3v) is 1.67. The van der Waals surface area contributed by atoms with E-state index in [0.717, 1.165) is 0 Å². The summed E-state index contributed by atoms with van der Waals surface area (Å²) in [5.41, 5.74) is 5.39. The smallest absolute Gasteiger partial charge is 0.414 e. The molecule has 0 aromatic carbocycles. The van der Waals surface area contributed by atoms with Crippen molar-refractivity contribution in [3.63, 3.8) is 0 Å². The van der Waals surface area contributed by atoms with Crippen LogP contribution in [0.2, 0.25) is 0 Å². The van der Waals surface area contributed by atoms with E-state index in [0.29, 0.717) is 10.4 Å². The van der Waals surface area contributed by atoms with E-state index >= 15 is 0 Å². The van der Waals surface area contributed by atoms with E-state index in [2.05, 4.69) is 20.9 Å². The highest BCUT2D eigenvalue weighted by atomic mass is 79.9. The third kappa shape index (κ3) is 1.51. The summed E-state index contributed by atoms with van der Waals surface area (Å²) in [7, 11) is 1.51. The number of nitrogens with two attached hydrogens (primary N) is 2. The molecule has 5 nitrogen and oxygen atoms in total. The Morgan fingerprint density at radius 1 is 1.73 bits per heavy atom. The molecule has 11 heavy (non-hydrogen) atoms. The standard InChI is InChI=1S/C5H7BrN4O/c1-11-4-3(6)2-10(8)5(7)9-4/h2,7H,8H2,1H3/p+1. The number of ether oxygens (including phenoxy) is 1. The van der Waals surface area contributed by atoms with Gasteiger partial charge in [0.25, 0.3) is 0 Å². The Morgan fingerprint density at radius 2 is 2.36 bits per heavy atom. The second-order valence-electron chi connectivity index (χ2n) is 1.86. The molecule has 0 aliphatic carbocycles. The van der Waals surface area contributed by atoms with E-state index in [-0.39, 0.29) is 5.95 Å². The van der Waals surface area contributed by atoms with Crippen LogP contribution < -0.4 is 21.0 Å². The molecule has 0 amide bonds. The number of methoxy groups -OCH3 is 1. The summed E-state index contributed by atoms with van der Waals surface area (Å²) in [5.74, 6) is 6.01. The molecule has 0 fully saturated rings. The number of hydrogen-bond donors (Lipinski definition) is 2. The average molecular weight is 220 g/mol. The molecule has 0 radical (unpaired) electrons. The van der Waals surface area contributed by atoms with Crippen molar-refractivity contribution >= 4 is 21.9 Å². The second-order valence-corrected chi connectivity index (χ2v) is 2.72. The van der Waals surface area contributed by atoms with Gasteiger partial charge in [0.1, 0.15) is 10.7 Å². The normalized spacial score (nSPS) is 9.64. The van der Waals surface area contributed by atoms with Crippen LogP contribution in [0.15, 0.2) is 10.7 Å². The number of nitrogen functional groups attached to an aromatic ring is 2. The quantitative estimate of drug-likeness (QED) is 0.491. The van der Waals surface area contributed by atoms with Gasteiger partial charge in [-0.1, -0.05) is 0 Å². The van der Waals surface area contributed by atoms with E-state index < -0.39 is 0 Å². The van der Waals surface area contributed by atoms with Gasteiger partial charge in [-0.2, -0.15) is 0 Å². The van der Waals surface area contributed by atoms with Gasteiger partial charge < -0.3 is 4.74 Å². The van der Waals surface area contributed by atoms with Crippen LogP contribution in [0.1, 0.15) is 0 Å². The summed E-state index contributed by atoms with van der Waals surface area (Å²) in [6.07, 6.45) is 1.57. The Kier molecular flexibility index (Phi) is 2.13. The molecule has 0 saturated heterocycles. The Hall–Kier alpha value is -1.04. The minimum Gasteiger partial charge on any atom is -0.468 e. The molecule has 1 aromatic rings. The Balaban J connectivity index is 3.21. The van der Waals surface area contributed by atoms with Crippen molar-refractivity contribution in [2.24, 2.45) is 0 Å². The van der Waals surface area contributed by atoms with E-state index in [1.165, 1.54) is 11.8 Å². The molecule has 1 aromatic heterocycles. The van der Waals surface area contributed by atoms with E-state index in [1.54, 1.807) is 6.20 Å². The van der Waals surface area contributed by atoms with Gasteiger partial charge in [0.2, 0.25) is 0 Å². The Labute approximate surface area is 72.1 Å². The van der Waals surface area contributed by atoms with Crippen LogP contribution >= 0.6 is 15.9 Å². The van der Waals surface area contributed by atoms with Crippen molar-refractivity contribution in [2.75, 3.05) is 18.7 Å². The van der Waals surface area contributed by atoms with Crippen LogP contribution in [0.4, 0.5) is 5.95 Å². The molecular weight excluding hydrogens is 212 g/mol. The second kappa shape index (κ2) is 2.91. The van der Waals surface area contributed by atoms with E-state index in [4.69, 9.17) is 16.3 Å². The number of halogens is 1. The molecule has 1 rings (SSSR count). The number of aromatic nitrogens is 2. The summed E-state index contributed by atoms with van der Waals surface area (Å²) in [6, 6.07) is 0. The van der Waals surface area contributed by atoms with E-state index in [9.17, 15) is 0 Å². The van der Waals surface area contributed by atoms with Crippen molar-refractivity contribution in [1.82, 2.24) is 4.98 Å². The fourth-order valence-electron chi connectivity index (χ4n) is 0.602. The fraction of sp³-hybridized carbons (Fsp3) is 0.200. The molecule has 0 aliphatic heterocycles. The zero-order valence-corrected chi connectivity index (χ0v) is 7.50. The summed E-state index contributed by atoms with van der Waals surface area (Å²) in [6.45, 7) is 0. The maximum Gasteiger partial charge on any atom is 0.414 e. The van der Waals surface area contributed by atoms with Crippen LogP contribution in [0.25, 0.3) is 0 Å². The predicted octanol–water partition coefficient (Wildman–Crippen LogP) is -0.564. The zero-order chi connectivity index (χ0) is 8.43. The number of rotatable bonds is 1. The molecule has 6 heteroatoms. The van der Waals surface area contributed by atoms with Gasteiger partial charge in [0.15, 0.2) is 0 Å². The van der Waals surface area contributed by atoms with Crippen molar-refractivity contribution < 1.29 is 9.41 Å². The van der Waals surface area contributed by atoms with Crippen LogP contribution in [-0.2, 0) is 0 Å². The summed E-state index contributed by atoms with van der Waals surface area (Å²) >= 11 is 3.20. The predicted molar refractivity (Wildman–Crippen MR) is 43.2 cm³/mol. The highest BCUT2D eigenvalue weighted by Crippen LogP contribution is 2.19. The highest BCUT2D eigenvalue weighted by Gasteiger charge is 2.12. The number of hydrogen-bond acceptors (Lipinski definition) is 4. The molecule has 0 saturated carbocycles. The minimum atomic E-state index is 0.199. The van der Waals surface area contributed by atoms with Gasteiger partial charge in [-0.3, -0.25) is 11.6 Å². The van der Waals surface area contributed by atoms with Crippen LogP contribution in [-0.4, -0.2) is 12.1 Å². The van der Waals surface area contributed by atoms with E-state index in [1.807, 2.05) is 0 Å². The Bertz CT molecular complexity index is 277. The molecule has 4 N–H and O–H groups in total. The monoisotopic (exact) mass is 219 g/mol. The third-order valence-electron chi connectivity index (χ3n) is 1.13. The zero-order valence-electron chi connectivity index (χ0n) is 5.91. The largest absolute Gasteiger partial charge is 0.468 e. The first-order chi connectivity index (χ1) is 5.15. The number of nitrogens with zero attached hydrogens (tertiary/aromatic N) is 2. The van der Waals surface area contributed by atoms with Crippen LogP contribution in [0, 0.1) is 0 Å². The molecule has 0 aliphatic rings. The van der Waals surface area contributed by atoms with Gasteiger partial charge in [-0.15, -0.1) is 4.68 Å². The molecule has 0 bridgehead atoms. The molecule has 0 unspecified atom stereocenters. The van der Waals surface area contributed by atoms with Gasteiger partial charge >= 0.3 is 11.8 Å². The topological polar surface area (TPSA) is 78.0 Å². The lowest BCUT2D eigenvalue weighted by molar-refractivity contribution is -0.627. The highest BCUT2D eigenvalue weighted by molar-refractivity contribution is 9.10. The van der Waals surface area contributed by atoms with Gasteiger partial charge in [-0.05, 0) is 20.9 Å². The van der Waals surface area contributed by atoms with Crippen molar-refractivity contribution in [3.8, 4) is 5.88 Å². The van der Waals surface area contributed by atoms with Crippen LogP contribution in [0.5, 0.6) is 5.88 Å². The number of anilines is 1. The van der Waals surface area contributed by atoms with Gasteiger partial charge in [-0.25, -0.2) is 0 Å².